The molecular weight excluding hydrogens is 342 g/mol. The lowest BCUT2D eigenvalue weighted by Crippen LogP contribution is -2.24. The fourth-order valence-corrected chi connectivity index (χ4v) is 3.49. The van der Waals surface area contributed by atoms with Crippen molar-refractivity contribution in [2.24, 2.45) is 0 Å². The Labute approximate surface area is 145 Å². The number of nitrogens with one attached hydrogen (secondary N) is 1. The SMILES string of the molecule is COc1ccc(C)cc1S(=O)(=O)NCc1cn(-c2ccncc2)nn1. The maximum absolute atomic E-state index is 12.6. The van der Waals surface area contributed by atoms with Crippen LogP contribution in [0.25, 0.3) is 5.69 Å². The van der Waals surface area contributed by atoms with Crippen LogP contribution in [0.5, 0.6) is 5.75 Å². The number of aryl methyl sites for hydroxylation is 1. The summed E-state index contributed by atoms with van der Waals surface area (Å²) >= 11 is 0. The summed E-state index contributed by atoms with van der Waals surface area (Å²) in [6.45, 7) is 1.84. The van der Waals surface area contributed by atoms with Gasteiger partial charge < -0.3 is 4.74 Å². The van der Waals surface area contributed by atoms with Crippen LogP contribution < -0.4 is 9.46 Å². The van der Waals surface area contributed by atoms with Gasteiger partial charge >= 0.3 is 0 Å². The van der Waals surface area contributed by atoms with Gasteiger partial charge in [0.05, 0.1) is 31.2 Å². The molecule has 0 unspecified atom stereocenters. The summed E-state index contributed by atoms with van der Waals surface area (Å²) in [5, 5.41) is 7.97. The topological polar surface area (TPSA) is 99.0 Å². The molecule has 0 saturated carbocycles. The van der Waals surface area contributed by atoms with E-state index in [1.54, 1.807) is 53.6 Å². The van der Waals surface area contributed by atoms with Gasteiger partial charge in [0.1, 0.15) is 10.6 Å². The van der Waals surface area contributed by atoms with Gasteiger partial charge in [-0.2, -0.15) is 0 Å². The Morgan fingerprint density at radius 3 is 2.68 bits per heavy atom. The van der Waals surface area contributed by atoms with Crippen molar-refractivity contribution in [3.05, 3.63) is 60.2 Å². The number of benzene rings is 1. The first-order chi connectivity index (χ1) is 12.0. The average Bonchev–Trinajstić information content (AvgIpc) is 3.10. The molecule has 8 nitrogen and oxygen atoms in total. The zero-order valence-electron chi connectivity index (χ0n) is 13.7. The van der Waals surface area contributed by atoms with Crippen LogP contribution in [0.1, 0.15) is 11.3 Å². The van der Waals surface area contributed by atoms with Crippen LogP contribution >= 0.6 is 0 Å². The minimum atomic E-state index is -3.74. The van der Waals surface area contributed by atoms with Crippen LogP contribution in [0.2, 0.25) is 0 Å². The maximum Gasteiger partial charge on any atom is 0.244 e. The van der Waals surface area contributed by atoms with Crippen LogP contribution in [-0.4, -0.2) is 35.5 Å². The number of aromatic nitrogens is 4. The van der Waals surface area contributed by atoms with Crippen molar-refractivity contribution < 1.29 is 13.2 Å². The molecule has 2 aromatic heterocycles. The largest absolute Gasteiger partial charge is 0.495 e. The number of hydrogen-bond donors (Lipinski definition) is 1. The van der Waals surface area contributed by atoms with E-state index in [-0.39, 0.29) is 11.4 Å². The number of rotatable bonds is 6. The first-order valence-corrected chi connectivity index (χ1v) is 8.94. The van der Waals surface area contributed by atoms with Crippen LogP contribution in [0, 0.1) is 6.92 Å². The van der Waals surface area contributed by atoms with E-state index in [2.05, 4.69) is 20.0 Å². The molecule has 0 saturated heterocycles. The number of methoxy groups -OCH3 is 1. The monoisotopic (exact) mass is 359 g/mol. The van der Waals surface area contributed by atoms with E-state index in [0.717, 1.165) is 11.3 Å². The molecule has 0 aliphatic carbocycles. The molecule has 25 heavy (non-hydrogen) atoms. The molecule has 130 valence electrons. The van der Waals surface area contributed by atoms with Gasteiger partial charge in [0, 0.05) is 12.4 Å². The summed E-state index contributed by atoms with van der Waals surface area (Å²) in [6, 6.07) is 8.54. The average molecular weight is 359 g/mol. The minimum Gasteiger partial charge on any atom is -0.495 e. The highest BCUT2D eigenvalue weighted by Crippen LogP contribution is 2.24. The Morgan fingerprint density at radius 2 is 1.96 bits per heavy atom. The molecule has 0 fully saturated rings. The van der Waals surface area contributed by atoms with Crippen molar-refractivity contribution in [1.29, 1.82) is 0 Å². The smallest absolute Gasteiger partial charge is 0.244 e. The molecule has 0 bridgehead atoms. The molecule has 0 atom stereocenters. The van der Waals surface area contributed by atoms with Crippen LogP contribution in [-0.2, 0) is 16.6 Å². The van der Waals surface area contributed by atoms with Crippen molar-refractivity contribution >= 4 is 10.0 Å². The van der Waals surface area contributed by atoms with Gasteiger partial charge in [-0.25, -0.2) is 17.8 Å². The van der Waals surface area contributed by atoms with Crippen molar-refractivity contribution in [3.8, 4) is 11.4 Å². The van der Waals surface area contributed by atoms with E-state index in [9.17, 15) is 8.42 Å². The molecule has 0 radical (unpaired) electrons. The van der Waals surface area contributed by atoms with E-state index < -0.39 is 10.0 Å². The second-order valence-electron chi connectivity index (χ2n) is 5.34. The quantitative estimate of drug-likeness (QED) is 0.715. The Kier molecular flexibility index (Phi) is 4.77. The number of ether oxygens (including phenoxy) is 1. The predicted molar refractivity (Wildman–Crippen MR) is 90.9 cm³/mol. The first-order valence-electron chi connectivity index (χ1n) is 7.45. The number of hydrogen-bond acceptors (Lipinski definition) is 6. The Balaban J connectivity index is 1.77. The fourth-order valence-electron chi connectivity index (χ4n) is 2.24. The second kappa shape index (κ2) is 6.99. The zero-order valence-corrected chi connectivity index (χ0v) is 14.6. The number of sulfonamides is 1. The third-order valence-electron chi connectivity index (χ3n) is 3.52. The summed E-state index contributed by atoms with van der Waals surface area (Å²) < 4.78 is 34.3. The second-order valence-corrected chi connectivity index (χ2v) is 7.07. The van der Waals surface area contributed by atoms with E-state index in [4.69, 9.17) is 4.74 Å². The van der Waals surface area contributed by atoms with Gasteiger partial charge in [-0.3, -0.25) is 4.98 Å². The maximum atomic E-state index is 12.6. The van der Waals surface area contributed by atoms with Gasteiger partial charge in [-0.05, 0) is 36.8 Å². The molecule has 1 aromatic carbocycles. The summed E-state index contributed by atoms with van der Waals surface area (Å²) in [6.07, 6.45) is 4.94. The summed E-state index contributed by atoms with van der Waals surface area (Å²) in [5.74, 6) is 0.290. The third-order valence-corrected chi connectivity index (χ3v) is 4.94. The van der Waals surface area contributed by atoms with Crippen LogP contribution in [0.15, 0.2) is 53.8 Å². The standard InChI is InChI=1S/C16H17N5O3S/c1-12-3-4-15(24-2)16(9-12)25(22,23)18-10-13-11-21(20-19-13)14-5-7-17-8-6-14/h3-9,11,18H,10H2,1-2H3. The molecule has 0 aliphatic heterocycles. The van der Waals surface area contributed by atoms with Crippen molar-refractivity contribution in [1.82, 2.24) is 24.7 Å². The molecule has 0 amide bonds. The highest BCUT2D eigenvalue weighted by atomic mass is 32.2. The van der Waals surface area contributed by atoms with Crippen molar-refractivity contribution in [3.63, 3.8) is 0 Å². The lowest BCUT2D eigenvalue weighted by atomic mass is 10.2. The van der Waals surface area contributed by atoms with Crippen molar-refractivity contribution in [2.75, 3.05) is 7.11 Å². The van der Waals surface area contributed by atoms with Crippen LogP contribution in [0.3, 0.4) is 0 Å². The van der Waals surface area contributed by atoms with Crippen molar-refractivity contribution in [2.45, 2.75) is 18.4 Å². The lowest BCUT2D eigenvalue weighted by molar-refractivity contribution is 0.402. The summed E-state index contributed by atoms with van der Waals surface area (Å²) in [4.78, 5) is 4.03. The van der Waals surface area contributed by atoms with E-state index in [1.165, 1.54) is 7.11 Å². The van der Waals surface area contributed by atoms with Gasteiger partial charge in [0.15, 0.2) is 0 Å². The Hall–Kier alpha value is -2.78. The summed E-state index contributed by atoms with van der Waals surface area (Å²) in [5.41, 5.74) is 2.11. The molecular formula is C16H17N5O3S. The number of nitrogens with zero attached hydrogens (tertiary/aromatic N) is 4. The molecule has 2 heterocycles. The molecule has 3 rings (SSSR count). The predicted octanol–water partition coefficient (Wildman–Crippen LogP) is 1.46. The highest BCUT2D eigenvalue weighted by Gasteiger charge is 2.20. The lowest BCUT2D eigenvalue weighted by Gasteiger charge is -2.10. The van der Waals surface area contributed by atoms with Gasteiger partial charge in [0.2, 0.25) is 10.0 Å². The summed E-state index contributed by atoms with van der Waals surface area (Å²) in [7, 11) is -2.31. The molecule has 9 heteroatoms. The van der Waals surface area contributed by atoms with Crippen LogP contribution in [0.4, 0.5) is 0 Å². The Bertz CT molecular complexity index is 970. The Morgan fingerprint density at radius 1 is 1.20 bits per heavy atom. The first kappa shape index (κ1) is 17.1. The van der Waals surface area contributed by atoms with Gasteiger partial charge in [-0.15, -0.1) is 5.10 Å². The fraction of sp³-hybridized carbons (Fsp3) is 0.188. The molecule has 0 aliphatic rings. The van der Waals surface area contributed by atoms with E-state index >= 15 is 0 Å². The number of pyridine rings is 1. The normalized spacial score (nSPS) is 11.4. The minimum absolute atomic E-state index is 0.0184. The van der Waals surface area contributed by atoms with Gasteiger partial charge in [-0.1, -0.05) is 11.3 Å². The molecule has 3 aromatic rings. The molecule has 0 spiro atoms. The van der Waals surface area contributed by atoms with Gasteiger partial charge in [0.25, 0.3) is 0 Å². The molecule has 1 N–H and O–H groups in total. The zero-order chi connectivity index (χ0) is 17.9. The van der Waals surface area contributed by atoms with E-state index in [1.807, 2.05) is 6.92 Å². The van der Waals surface area contributed by atoms with E-state index in [0.29, 0.717) is 11.4 Å². The third kappa shape index (κ3) is 3.83. The highest BCUT2D eigenvalue weighted by molar-refractivity contribution is 7.89.